The van der Waals surface area contributed by atoms with Crippen LogP contribution in [0.2, 0.25) is 0 Å². The predicted octanol–water partition coefficient (Wildman–Crippen LogP) is 7.12. The summed E-state index contributed by atoms with van der Waals surface area (Å²) in [4.78, 5) is 4.52. The van der Waals surface area contributed by atoms with Crippen molar-refractivity contribution in [2.45, 2.75) is 58.4 Å². The minimum absolute atomic E-state index is 0.0482. The molecule has 0 aliphatic heterocycles. The van der Waals surface area contributed by atoms with Crippen LogP contribution in [0.25, 0.3) is 0 Å². The van der Waals surface area contributed by atoms with E-state index in [9.17, 15) is 5.11 Å². The number of anilines is 1. The molecule has 0 heterocycles. The number of nitrogens with zero attached hydrogens (tertiary/aromatic N) is 2. The molecule has 0 amide bonds. The number of benzene rings is 3. The van der Waals surface area contributed by atoms with Crippen LogP contribution in [-0.2, 0) is 12.8 Å². The lowest BCUT2D eigenvalue weighted by atomic mass is 9.79. The highest BCUT2D eigenvalue weighted by atomic mass is 19.1. The van der Waals surface area contributed by atoms with Gasteiger partial charge in [-0.2, -0.15) is 0 Å². The Balaban J connectivity index is 1.56. The molecule has 1 aliphatic carbocycles. The van der Waals surface area contributed by atoms with Crippen molar-refractivity contribution in [3.8, 4) is 17.2 Å². The fourth-order valence-corrected chi connectivity index (χ4v) is 5.78. The maximum Gasteiger partial charge on any atom is 0.165 e. The van der Waals surface area contributed by atoms with Gasteiger partial charge in [0.25, 0.3) is 0 Å². The number of halogens is 1. The second-order valence-electron chi connectivity index (χ2n) is 10.6. The van der Waals surface area contributed by atoms with Crippen LogP contribution in [0.15, 0.2) is 54.6 Å². The lowest BCUT2D eigenvalue weighted by Crippen LogP contribution is -2.28. The van der Waals surface area contributed by atoms with Crippen LogP contribution in [0.4, 0.5) is 10.1 Å². The molecule has 0 saturated carbocycles. The lowest BCUT2D eigenvalue weighted by molar-refractivity contribution is 0.231. The first kappa shape index (κ1) is 28.8. The average molecular weight is 535 g/mol. The Morgan fingerprint density at radius 2 is 1.85 bits per heavy atom. The van der Waals surface area contributed by atoms with Gasteiger partial charge in [-0.1, -0.05) is 25.1 Å². The second-order valence-corrected chi connectivity index (χ2v) is 10.6. The van der Waals surface area contributed by atoms with Gasteiger partial charge in [-0.3, -0.25) is 0 Å². The summed E-state index contributed by atoms with van der Waals surface area (Å²) in [7, 11) is 3.74. The topological polar surface area (TPSA) is 45.2 Å². The average Bonchev–Trinajstić information content (AvgIpc) is 2.94. The van der Waals surface area contributed by atoms with Crippen LogP contribution in [0, 0.1) is 5.82 Å². The third kappa shape index (κ3) is 6.85. The van der Waals surface area contributed by atoms with E-state index in [2.05, 4.69) is 55.8 Å². The van der Waals surface area contributed by atoms with Gasteiger partial charge in [0.1, 0.15) is 18.1 Å². The molecular formula is C33H43FN2O3. The first-order valence-corrected chi connectivity index (χ1v) is 14.2. The van der Waals surface area contributed by atoms with Crippen molar-refractivity contribution in [3.05, 3.63) is 82.7 Å². The van der Waals surface area contributed by atoms with Gasteiger partial charge in [-0.25, -0.2) is 4.39 Å². The molecule has 6 heteroatoms. The van der Waals surface area contributed by atoms with Crippen LogP contribution in [0.5, 0.6) is 17.2 Å². The molecule has 0 fully saturated rings. The zero-order chi connectivity index (χ0) is 27.9. The number of ether oxygens (including phenoxy) is 2. The quantitative estimate of drug-likeness (QED) is 0.268. The van der Waals surface area contributed by atoms with Gasteiger partial charge in [0, 0.05) is 24.8 Å². The molecule has 0 radical (unpaired) electrons. The molecule has 0 aromatic heterocycles. The van der Waals surface area contributed by atoms with Gasteiger partial charge in [0.2, 0.25) is 0 Å². The Morgan fingerprint density at radius 1 is 1.03 bits per heavy atom. The Hall–Kier alpha value is -3.25. The van der Waals surface area contributed by atoms with Crippen LogP contribution in [0.1, 0.15) is 67.8 Å². The third-order valence-corrected chi connectivity index (χ3v) is 7.99. The van der Waals surface area contributed by atoms with Gasteiger partial charge in [-0.15, -0.1) is 0 Å². The van der Waals surface area contributed by atoms with Gasteiger partial charge < -0.3 is 24.4 Å². The second kappa shape index (κ2) is 13.2. The molecule has 0 bridgehead atoms. The van der Waals surface area contributed by atoms with Crippen molar-refractivity contribution in [1.82, 2.24) is 4.90 Å². The Bertz CT molecular complexity index is 1250. The number of rotatable bonds is 12. The molecule has 3 aromatic carbocycles. The number of phenols is 1. The number of methoxy groups -OCH3 is 1. The zero-order valence-corrected chi connectivity index (χ0v) is 24.0. The highest BCUT2D eigenvalue weighted by Crippen LogP contribution is 2.42. The third-order valence-electron chi connectivity index (χ3n) is 7.99. The standard InChI is InChI=1S/C33H43FN2O3/c1-6-16-35(4)17-18-39-33-15-11-24(21-31(33)34)23(3)36(7-2)32-22-29(38-5)13-14-30(32)27-9-8-26-20-28(37)12-10-25(26)19-27/h10-15,20-23,27,37H,6-9,16-19H2,1-5H3/t23?,27-/m1/s1. The summed E-state index contributed by atoms with van der Waals surface area (Å²) in [6.45, 7) is 9.40. The monoisotopic (exact) mass is 534 g/mol. The fourth-order valence-electron chi connectivity index (χ4n) is 5.78. The van der Waals surface area contributed by atoms with Gasteiger partial charge in [0.15, 0.2) is 11.6 Å². The minimum atomic E-state index is -0.327. The molecule has 3 aromatic rings. The van der Waals surface area contributed by atoms with Crippen molar-refractivity contribution >= 4 is 5.69 Å². The molecule has 5 nitrogen and oxygen atoms in total. The number of aromatic hydroxyl groups is 1. The van der Waals surface area contributed by atoms with E-state index >= 15 is 4.39 Å². The van der Waals surface area contributed by atoms with Crippen molar-refractivity contribution in [2.24, 2.45) is 0 Å². The highest BCUT2D eigenvalue weighted by Gasteiger charge is 2.27. The van der Waals surface area contributed by atoms with E-state index in [0.717, 1.165) is 62.3 Å². The van der Waals surface area contributed by atoms with E-state index in [1.165, 1.54) is 16.7 Å². The Kier molecular flexibility index (Phi) is 9.73. The molecule has 0 spiro atoms. The van der Waals surface area contributed by atoms with Gasteiger partial charge in [-0.05, 0) is 112 Å². The molecule has 4 rings (SSSR count). The van der Waals surface area contributed by atoms with E-state index in [1.807, 2.05) is 18.2 Å². The van der Waals surface area contributed by atoms with E-state index in [0.29, 0.717) is 24.0 Å². The number of hydrogen-bond donors (Lipinski definition) is 1. The van der Waals surface area contributed by atoms with E-state index < -0.39 is 0 Å². The lowest BCUT2D eigenvalue weighted by Gasteiger charge is -2.35. The number of phenolic OH excluding ortho intramolecular Hbond substituents is 1. The summed E-state index contributed by atoms with van der Waals surface area (Å²) in [5, 5.41) is 9.91. The maximum atomic E-state index is 15.1. The molecule has 1 aliphatic rings. The molecule has 210 valence electrons. The SMILES string of the molecule is CCCN(C)CCOc1ccc(C(C)N(CC)c2cc(OC)ccc2[C@@H]2CCc3cc(O)ccc3C2)cc1F. The molecular weight excluding hydrogens is 491 g/mol. The molecule has 0 saturated heterocycles. The summed E-state index contributed by atoms with van der Waals surface area (Å²) in [5.41, 5.74) is 5.83. The van der Waals surface area contributed by atoms with E-state index in [4.69, 9.17) is 9.47 Å². The molecule has 1 N–H and O–H groups in total. The number of fused-ring (bicyclic) bond motifs is 1. The first-order valence-electron chi connectivity index (χ1n) is 14.2. The Morgan fingerprint density at radius 3 is 2.56 bits per heavy atom. The van der Waals surface area contributed by atoms with Crippen LogP contribution in [-0.4, -0.2) is 50.4 Å². The summed E-state index contributed by atoms with van der Waals surface area (Å²) < 4.78 is 26.5. The summed E-state index contributed by atoms with van der Waals surface area (Å²) in [6.07, 6.45) is 3.95. The van der Waals surface area contributed by atoms with E-state index in [1.54, 1.807) is 25.3 Å². The highest BCUT2D eigenvalue weighted by molar-refractivity contribution is 5.61. The van der Waals surface area contributed by atoms with Gasteiger partial charge >= 0.3 is 0 Å². The molecule has 1 unspecified atom stereocenters. The van der Waals surface area contributed by atoms with Crippen molar-refractivity contribution in [1.29, 1.82) is 0 Å². The normalized spacial score (nSPS) is 15.6. The predicted molar refractivity (Wildman–Crippen MR) is 157 cm³/mol. The summed E-state index contributed by atoms with van der Waals surface area (Å²) in [6, 6.07) is 17.4. The maximum absolute atomic E-state index is 15.1. The minimum Gasteiger partial charge on any atom is -0.508 e. The number of likely N-dealkylation sites (N-methyl/N-ethyl adjacent to an activating group) is 1. The van der Waals surface area contributed by atoms with Crippen molar-refractivity contribution in [2.75, 3.05) is 45.3 Å². The van der Waals surface area contributed by atoms with Crippen molar-refractivity contribution < 1.29 is 19.0 Å². The van der Waals surface area contributed by atoms with Crippen LogP contribution >= 0.6 is 0 Å². The summed E-state index contributed by atoms with van der Waals surface area (Å²) in [5.74, 6) is 1.46. The molecule has 2 atom stereocenters. The fraction of sp³-hybridized carbons (Fsp3) is 0.455. The number of hydrogen-bond acceptors (Lipinski definition) is 5. The number of aryl methyl sites for hydroxylation is 1. The van der Waals surface area contributed by atoms with Crippen LogP contribution < -0.4 is 14.4 Å². The van der Waals surface area contributed by atoms with Crippen molar-refractivity contribution in [3.63, 3.8) is 0 Å². The summed E-state index contributed by atoms with van der Waals surface area (Å²) >= 11 is 0. The first-order chi connectivity index (χ1) is 18.8. The van der Waals surface area contributed by atoms with Crippen LogP contribution in [0.3, 0.4) is 0 Å². The largest absolute Gasteiger partial charge is 0.508 e. The smallest absolute Gasteiger partial charge is 0.165 e. The zero-order valence-electron chi connectivity index (χ0n) is 24.0. The Labute approximate surface area is 233 Å². The van der Waals surface area contributed by atoms with E-state index in [-0.39, 0.29) is 11.9 Å². The molecule has 39 heavy (non-hydrogen) atoms. The van der Waals surface area contributed by atoms with Gasteiger partial charge in [0.05, 0.1) is 13.2 Å².